The zero-order valence-corrected chi connectivity index (χ0v) is 24.8. The van der Waals surface area contributed by atoms with Crippen molar-refractivity contribution < 1.29 is 14.4 Å². The topological polar surface area (TPSA) is 37.3 Å². The molecule has 0 rings (SSSR count). The quantitative estimate of drug-likeness (QED) is 0.0863. The summed E-state index contributed by atoms with van der Waals surface area (Å²) >= 11 is 0. The van der Waals surface area contributed by atoms with Gasteiger partial charge < -0.3 is 9.59 Å². The normalized spacial score (nSPS) is 12.8. The van der Waals surface area contributed by atoms with Crippen LogP contribution in [0.2, 0.25) is 0 Å². The van der Waals surface area contributed by atoms with Crippen LogP contribution in [0, 0.1) is 0 Å². The van der Waals surface area contributed by atoms with Crippen molar-refractivity contribution in [3.05, 3.63) is 0 Å². The molecule has 1 N–H and O–H groups in total. The summed E-state index contributed by atoms with van der Waals surface area (Å²) in [5.74, 6) is -0.547. The minimum absolute atomic E-state index is 0.203. The Balaban J connectivity index is 4.14. The molecule has 1 atom stereocenters. The number of aliphatic carboxylic acids is 1. The Morgan fingerprint density at radius 1 is 0.486 bits per heavy atom. The SMILES string of the molecule is CCCCCCCCCCCCCCCCCCC(C(=O)O)[N+](CCCC)(CCCC)CCCC. The number of hydrogen-bond donors (Lipinski definition) is 1. The summed E-state index contributed by atoms with van der Waals surface area (Å²) < 4.78 is 0.837. The Morgan fingerprint density at radius 2 is 0.771 bits per heavy atom. The Morgan fingerprint density at radius 3 is 1.06 bits per heavy atom. The second kappa shape index (κ2) is 25.1. The first-order chi connectivity index (χ1) is 17.1. The lowest BCUT2D eigenvalue weighted by molar-refractivity contribution is -0.944. The van der Waals surface area contributed by atoms with Crippen molar-refractivity contribution in [2.45, 2.75) is 181 Å². The van der Waals surface area contributed by atoms with Crippen LogP contribution in [0.15, 0.2) is 0 Å². The fourth-order valence-electron chi connectivity index (χ4n) is 5.74. The third-order valence-electron chi connectivity index (χ3n) is 8.15. The van der Waals surface area contributed by atoms with Crippen LogP contribution in [0.25, 0.3) is 0 Å². The molecule has 0 saturated heterocycles. The van der Waals surface area contributed by atoms with Crippen molar-refractivity contribution in [2.24, 2.45) is 0 Å². The first-order valence-electron chi connectivity index (χ1n) is 16.2. The van der Waals surface area contributed by atoms with Gasteiger partial charge in [0.1, 0.15) is 0 Å². The fourth-order valence-corrected chi connectivity index (χ4v) is 5.74. The number of carbonyl (C=O) groups is 1. The smallest absolute Gasteiger partial charge is 0.362 e. The van der Waals surface area contributed by atoms with Gasteiger partial charge in [0.2, 0.25) is 0 Å². The largest absolute Gasteiger partial charge is 0.477 e. The van der Waals surface area contributed by atoms with E-state index in [9.17, 15) is 9.90 Å². The van der Waals surface area contributed by atoms with Crippen LogP contribution < -0.4 is 0 Å². The highest BCUT2D eigenvalue weighted by atomic mass is 16.4. The van der Waals surface area contributed by atoms with Crippen LogP contribution in [0.1, 0.15) is 175 Å². The zero-order chi connectivity index (χ0) is 26.0. The molecule has 35 heavy (non-hydrogen) atoms. The molecule has 0 aromatic rings. The first kappa shape index (κ1) is 34.4. The number of nitrogens with zero attached hydrogens (tertiary/aromatic N) is 1. The molecule has 0 spiro atoms. The summed E-state index contributed by atoms with van der Waals surface area (Å²) in [6, 6.07) is -0.203. The molecule has 0 bridgehead atoms. The second-order valence-electron chi connectivity index (χ2n) is 11.4. The van der Waals surface area contributed by atoms with Crippen molar-refractivity contribution in [3.63, 3.8) is 0 Å². The van der Waals surface area contributed by atoms with E-state index in [1.54, 1.807) is 0 Å². The maximum absolute atomic E-state index is 12.4. The molecule has 0 aliphatic heterocycles. The summed E-state index contributed by atoms with van der Waals surface area (Å²) in [5, 5.41) is 10.2. The third kappa shape index (κ3) is 18.3. The van der Waals surface area contributed by atoms with E-state index in [1.165, 1.54) is 96.3 Å². The van der Waals surface area contributed by atoms with Gasteiger partial charge in [-0.25, -0.2) is 4.79 Å². The van der Waals surface area contributed by atoms with Gasteiger partial charge in [0.25, 0.3) is 0 Å². The fraction of sp³-hybridized carbons (Fsp3) is 0.969. The molecule has 0 aliphatic rings. The molecule has 210 valence electrons. The predicted molar refractivity (Wildman–Crippen MR) is 155 cm³/mol. The van der Waals surface area contributed by atoms with E-state index in [2.05, 4.69) is 27.7 Å². The highest BCUT2D eigenvalue weighted by molar-refractivity contribution is 5.72. The highest BCUT2D eigenvalue weighted by Crippen LogP contribution is 2.25. The van der Waals surface area contributed by atoms with E-state index in [0.29, 0.717) is 0 Å². The lowest BCUT2D eigenvalue weighted by atomic mass is 9.99. The van der Waals surface area contributed by atoms with Crippen LogP contribution in [0.4, 0.5) is 0 Å². The molecule has 3 nitrogen and oxygen atoms in total. The second-order valence-corrected chi connectivity index (χ2v) is 11.4. The van der Waals surface area contributed by atoms with Gasteiger partial charge in [0.05, 0.1) is 19.6 Å². The van der Waals surface area contributed by atoms with E-state index >= 15 is 0 Å². The van der Waals surface area contributed by atoms with Crippen molar-refractivity contribution in [1.29, 1.82) is 0 Å². The molecule has 0 radical (unpaired) electrons. The molecule has 0 saturated carbocycles. The molecule has 1 unspecified atom stereocenters. The minimum atomic E-state index is -0.547. The van der Waals surface area contributed by atoms with Gasteiger partial charge in [-0.15, -0.1) is 0 Å². The molecule has 0 heterocycles. The molecule has 0 aromatic carbocycles. The monoisotopic (exact) mass is 497 g/mol. The average molecular weight is 497 g/mol. The van der Waals surface area contributed by atoms with E-state index in [0.717, 1.165) is 75.5 Å². The number of quaternary nitrogens is 1. The first-order valence-corrected chi connectivity index (χ1v) is 16.2. The summed E-state index contributed by atoms with van der Waals surface area (Å²) in [7, 11) is 0. The highest BCUT2D eigenvalue weighted by Gasteiger charge is 2.40. The Labute approximate surface area is 221 Å². The van der Waals surface area contributed by atoms with Crippen molar-refractivity contribution in [1.82, 2.24) is 0 Å². The van der Waals surface area contributed by atoms with E-state index in [4.69, 9.17) is 0 Å². The minimum Gasteiger partial charge on any atom is -0.477 e. The van der Waals surface area contributed by atoms with E-state index < -0.39 is 5.97 Å². The maximum atomic E-state index is 12.4. The average Bonchev–Trinajstić information content (AvgIpc) is 2.86. The Bertz CT molecular complexity index is 429. The standard InChI is InChI=1S/C32H65NO2/c1-5-9-13-14-15-16-17-18-19-20-21-22-23-24-25-26-27-31(32(34)35)33(28-10-6-2,29-11-7-3)30-12-8-4/h31H,5-30H2,1-4H3/p+1. The van der Waals surface area contributed by atoms with E-state index in [-0.39, 0.29) is 6.04 Å². The number of hydrogen-bond acceptors (Lipinski definition) is 1. The van der Waals surface area contributed by atoms with Gasteiger partial charge in [-0.2, -0.15) is 0 Å². The molecule has 0 aromatic heterocycles. The van der Waals surface area contributed by atoms with Crippen LogP contribution in [0.3, 0.4) is 0 Å². The Hall–Kier alpha value is -0.570. The van der Waals surface area contributed by atoms with E-state index in [1.807, 2.05) is 0 Å². The van der Waals surface area contributed by atoms with Crippen molar-refractivity contribution in [2.75, 3.05) is 19.6 Å². The predicted octanol–water partition coefficient (Wildman–Crippen LogP) is 10.3. The van der Waals surface area contributed by atoms with Crippen LogP contribution >= 0.6 is 0 Å². The van der Waals surface area contributed by atoms with Gasteiger partial charge in [0.15, 0.2) is 6.04 Å². The molecule has 0 amide bonds. The van der Waals surface area contributed by atoms with Crippen molar-refractivity contribution in [3.8, 4) is 0 Å². The molecule has 3 heteroatoms. The van der Waals surface area contributed by atoms with Gasteiger partial charge in [-0.05, 0) is 25.7 Å². The summed E-state index contributed by atoms with van der Waals surface area (Å²) in [4.78, 5) is 12.4. The number of rotatable bonds is 28. The lowest BCUT2D eigenvalue weighted by Crippen LogP contribution is -2.60. The van der Waals surface area contributed by atoms with Crippen LogP contribution in [-0.2, 0) is 4.79 Å². The molecule has 0 aliphatic carbocycles. The molecular weight excluding hydrogens is 430 g/mol. The third-order valence-corrected chi connectivity index (χ3v) is 8.15. The Kier molecular flexibility index (Phi) is 24.7. The molecular formula is C32H66NO2+. The van der Waals surface area contributed by atoms with Crippen LogP contribution in [-0.4, -0.2) is 41.2 Å². The maximum Gasteiger partial charge on any atom is 0.362 e. The van der Waals surface area contributed by atoms with Crippen LogP contribution in [0.5, 0.6) is 0 Å². The lowest BCUT2D eigenvalue weighted by Gasteiger charge is -2.43. The van der Waals surface area contributed by atoms with Gasteiger partial charge in [-0.3, -0.25) is 0 Å². The summed E-state index contributed by atoms with van der Waals surface area (Å²) in [6.07, 6.45) is 29.6. The number of unbranched alkanes of at least 4 members (excludes halogenated alkanes) is 18. The van der Waals surface area contributed by atoms with Crippen molar-refractivity contribution >= 4 is 5.97 Å². The number of carboxylic acids is 1. The van der Waals surface area contributed by atoms with Gasteiger partial charge in [0, 0.05) is 6.42 Å². The van der Waals surface area contributed by atoms with Gasteiger partial charge in [-0.1, -0.05) is 143 Å². The number of carboxylic acid groups (broad SMARTS) is 1. The molecule has 0 fully saturated rings. The summed E-state index contributed by atoms with van der Waals surface area (Å²) in [6.45, 7) is 12.1. The summed E-state index contributed by atoms with van der Waals surface area (Å²) in [5.41, 5.74) is 0. The zero-order valence-electron chi connectivity index (χ0n) is 24.8. The van der Waals surface area contributed by atoms with Gasteiger partial charge >= 0.3 is 5.97 Å².